The van der Waals surface area contributed by atoms with Gasteiger partial charge in [-0.3, -0.25) is 0 Å². The van der Waals surface area contributed by atoms with Gasteiger partial charge in [0.1, 0.15) is 5.60 Å². The number of hydrogen-bond donors (Lipinski definition) is 1. The molecule has 0 saturated heterocycles. The molecule has 84 valence electrons. The molecule has 1 rings (SSSR count). The third-order valence-corrected chi connectivity index (χ3v) is 2.90. The highest BCUT2D eigenvalue weighted by Crippen LogP contribution is 2.30. The van der Waals surface area contributed by atoms with E-state index in [0.29, 0.717) is 17.2 Å². The van der Waals surface area contributed by atoms with E-state index in [9.17, 15) is 5.11 Å². The quantitative estimate of drug-likeness (QED) is 0.922. The summed E-state index contributed by atoms with van der Waals surface area (Å²) in [4.78, 5) is 0. The van der Waals surface area contributed by atoms with Crippen LogP contribution in [0.25, 0.3) is 0 Å². The van der Waals surface area contributed by atoms with Gasteiger partial charge in [0.25, 0.3) is 0 Å². The molecule has 1 N–H and O–H groups in total. The minimum absolute atomic E-state index is 0.241. The van der Waals surface area contributed by atoms with Gasteiger partial charge in [0.2, 0.25) is 0 Å². The smallest absolute Gasteiger partial charge is 0.111 e. The molecule has 0 aliphatic heterocycles. The third-order valence-electron chi connectivity index (χ3n) is 2.10. The van der Waals surface area contributed by atoms with Crippen LogP contribution in [0.1, 0.15) is 19.4 Å². The number of halogens is 2. The second-order valence-electron chi connectivity index (χ2n) is 3.54. The van der Waals surface area contributed by atoms with Crippen molar-refractivity contribution in [2.75, 3.05) is 13.2 Å². The average Bonchev–Trinajstić information content (AvgIpc) is 2.14. The van der Waals surface area contributed by atoms with Gasteiger partial charge in [0, 0.05) is 21.7 Å². The van der Waals surface area contributed by atoms with Crippen molar-refractivity contribution in [3.63, 3.8) is 0 Å². The molecule has 1 aromatic rings. The Morgan fingerprint density at radius 3 is 2.73 bits per heavy atom. The van der Waals surface area contributed by atoms with Crippen molar-refractivity contribution in [2.45, 2.75) is 19.4 Å². The van der Waals surface area contributed by atoms with Gasteiger partial charge >= 0.3 is 0 Å². The first kappa shape index (κ1) is 13.0. The summed E-state index contributed by atoms with van der Waals surface area (Å²) in [6, 6.07) is 5.41. The molecule has 1 unspecified atom stereocenters. The van der Waals surface area contributed by atoms with Crippen LogP contribution >= 0.6 is 27.5 Å². The Bertz CT molecular complexity index is 339. The van der Waals surface area contributed by atoms with Crippen LogP contribution < -0.4 is 0 Å². The first-order valence-corrected chi connectivity index (χ1v) is 5.90. The first-order chi connectivity index (χ1) is 6.97. The van der Waals surface area contributed by atoms with Gasteiger partial charge in [-0.2, -0.15) is 0 Å². The number of benzene rings is 1. The van der Waals surface area contributed by atoms with Crippen LogP contribution in [0.2, 0.25) is 5.02 Å². The van der Waals surface area contributed by atoms with Gasteiger partial charge in [-0.25, -0.2) is 0 Å². The van der Waals surface area contributed by atoms with Crippen molar-refractivity contribution in [1.29, 1.82) is 0 Å². The van der Waals surface area contributed by atoms with Gasteiger partial charge in [-0.05, 0) is 26.0 Å². The summed E-state index contributed by atoms with van der Waals surface area (Å²) in [5.41, 5.74) is -0.367. The summed E-state index contributed by atoms with van der Waals surface area (Å²) in [6.45, 7) is 4.40. The molecule has 0 aliphatic carbocycles. The average molecular weight is 294 g/mol. The lowest BCUT2D eigenvalue weighted by molar-refractivity contribution is -0.0342. The van der Waals surface area contributed by atoms with Gasteiger partial charge in [-0.1, -0.05) is 33.6 Å². The molecule has 4 heteroatoms. The highest BCUT2D eigenvalue weighted by Gasteiger charge is 2.25. The monoisotopic (exact) mass is 292 g/mol. The molecule has 0 heterocycles. The maximum absolute atomic E-state index is 10.2. The third kappa shape index (κ3) is 3.45. The minimum Gasteiger partial charge on any atom is -0.383 e. The molecule has 0 amide bonds. The maximum atomic E-state index is 10.2. The highest BCUT2D eigenvalue weighted by atomic mass is 79.9. The van der Waals surface area contributed by atoms with Crippen LogP contribution in [0.4, 0.5) is 0 Å². The zero-order valence-corrected chi connectivity index (χ0v) is 11.1. The Balaban J connectivity index is 2.93. The molecule has 1 atom stereocenters. The van der Waals surface area contributed by atoms with E-state index in [1.165, 1.54) is 0 Å². The summed E-state index contributed by atoms with van der Waals surface area (Å²) >= 11 is 9.37. The van der Waals surface area contributed by atoms with E-state index in [-0.39, 0.29) is 6.61 Å². The largest absolute Gasteiger partial charge is 0.383 e. The molecule has 0 aliphatic rings. The first-order valence-electron chi connectivity index (χ1n) is 4.73. The molecule has 0 saturated carbocycles. The van der Waals surface area contributed by atoms with Crippen LogP contribution in [0, 0.1) is 0 Å². The predicted molar refractivity (Wildman–Crippen MR) is 65.2 cm³/mol. The fourth-order valence-electron chi connectivity index (χ4n) is 1.30. The predicted octanol–water partition coefficient (Wildman–Crippen LogP) is 3.35. The van der Waals surface area contributed by atoms with Crippen molar-refractivity contribution in [3.8, 4) is 0 Å². The molecule has 0 radical (unpaired) electrons. The SMILES string of the molecule is CCOCC(C)(O)c1ccc(Br)cc1Cl. The van der Waals surface area contributed by atoms with Crippen LogP contribution in [-0.4, -0.2) is 18.3 Å². The van der Waals surface area contributed by atoms with E-state index in [4.69, 9.17) is 16.3 Å². The topological polar surface area (TPSA) is 29.5 Å². The Labute approximate surface area is 103 Å². The molecule has 0 spiro atoms. The van der Waals surface area contributed by atoms with E-state index < -0.39 is 5.60 Å². The zero-order valence-electron chi connectivity index (χ0n) is 8.76. The molecular weight excluding hydrogens is 279 g/mol. The summed E-state index contributed by atoms with van der Waals surface area (Å²) in [5, 5.41) is 10.7. The molecule has 15 heavy (non-hydrogen) atoms. The van der Waals surface area contributed by atoms with Gasteiger partial charge in [-0.15, -0.1) is 0 Å². The Kier molecular flexibility index (Phi) is 4.59. The number of ether oxygens (including phenoxy) is 1. The minimum atomic E-state index is -1.05. The molecule has 0 aromatic heterocycles. The van der Waals surface area contributed by atoms with E-state index in [0.717, 1.165) is 4.47 Å². The molecule has 1 aromatic carbocycles. The Hall–Kier alpha value is -0.0900. The zero-order chi connectivity index (χ0) is 11.5. The molecule has 0 fully saturated rings. The van der Waals surface area contributed by atoms with Gasteiger partial charge < -0.3 is 9.84 Å². The van der Waals surface area contributed by atoms with E-state index in [1.54, 1.807) is 19.1 Å². The van der Waals surface area contributed by atoms with Crippen molar-refractivity contribution in [1.82, 2.24) is 0 Å². The molecular formula is C11H14BrClO2. The van der Waals surface area contributed by atoms with Crippen LogP contribution in [0.15, 0.2) is 22.7 Å². The Morgan fingerprint density at radius 2 is 2.20 bits per heavy atom. The summed E-state index contributed by atoms with van der Waals surface area (Å²) in [5.74, 6) is 0. The number of rotatable bonds is 4. The number of aliphatic hydroxyl groups is 1. The fraction of sp³-hybridized carbons (Fsp3) is 0.455. The van der Waals surface area contributed by atoms with Crippen LogP contribution in [-0.2, 0) is 10.3 Å². The fourth-order valence-corrected chi connectivity index (χ4v) is 2.18. The lowest BCUT2D eigenvalue weighted by Gasteiger charge is -2.24. The van der Waals surface area contributed by atoms with Gasteiger partial charge in [0.15, 0.2) is 0 Å². The van der Waals surface area contributed by atoms with Crippen molar-refractivity contribution in [3.05, 3.63) is 33.3 Å². The van der Waals surface area contributed by atoms with E-state index in [2.05, 4.69) is 15.9 Å². The second-order valence-corrected chi connectivity index (χ2v) is 4.86. The molecule has 0 bridgehead atoms. The lowest BCUT2D eigenvalue weighted by Crippen LogP contribution is -2.28. The van der Waals surface area contributed by atoms with E-state index in [1.807, 2.05) is 13.0 Å². The van der Waals surface area contributed by atoms with Gasteiger partial charge in [0.05, 0.1) is 6.61 Å². The van der Waals surface area contributed by atoms with E-state index >= 15 is 0 Å². The highest BCUT2D eigenvalue weighted by molar-refractivity contribution is 9.10. The second kappa shape index (κ2) is 5.30. The van der Waals surface area contributed by atoms with Crippen molar-refractivity contribution >= 4 is 27.5 Å². The standard InChI is InChI=1S/C11H14BrClO2/c1-3-15-7-11(2,14)9-5-4-8(12)6-10(9)13/h4-6,14H,3,7H2,1-2H3. The number of hydrogen-bond acceptors (Lipinski definition) is 2. The van der Waals surface area contributed by atoms with Crippen molar-refractivity contribution in [2.24, 2.45) is 0 Å². The summed E-state index contributed by atoms with van der Waals surface area (Å²) in [7, 11) is 0. The Morgan fingerprint density at radius 1 is 1.53 bits per heavy atom. The molecule has 2 nitrogen and oxygen atoms in total. The van der Waals surface area contributed by atoms with Crippen molar-refractivity contribution < 1.29 is 9.84 Å². The normalized spacial score (nSPS) is 15.0. The van der Waals surface area contributed by atoms with Crippen LogP contribution in [0.5, 0.6) is 0 Å². The van der Waals surface area contributed by atoms with Crippen LogP contribution in [0.3, 0.4) is 0 Å². The lowest BCUT2D eigenvalue weighted by atomic mass is 9.97. The maximum Gasteiger partial charge on any atom is 0.111 e. The summed E-state index contributed by atoms with van der Waals surface area (Å²) < 4.78 is 6.11. The summed E-state index contributed by atoms with van der Waals surface area (Å²) in [6.07, 6.45) is 0.